The molecule has 2 fully saturated rings. The number of aliphatic carboxylic acids is 1. The number of carboxylic acids is 1. The Morgan fingerprint density at radius 3 is 2.58 bits per heavy atom. The molecule has 1 N–H and O–H groups in total. The Morgan fingerprint density at radius 1 is 1.36 bits per heavy atom. The maximum absolute atomic E-state index is 12.6. The summed E-state index contributed by atoms with van der Waals surface area (Å²) in [7, 11) is 1.78. The summed E-state index contributed by atoms with van der Waals surface area (Å²) in [5.41, 5.74) is 2.52. The summed E-state index contributed by atoms with van der Waals surface area (Å²) in [5, 5.41) is 8.96. The third-order valence-corrected chi connectivity index (χ3v) is 6.74. The summed E-state index contributed by atoms with van der Waals surface area (Å²) < 4.78 is 42.8. The molecule has 4 heterocycles. The molecule has 2 saturated heterocycles. The topological polar surface area (TPSA) is 96.1 Å². The number of carboxylic acid groups (broad SMARTS) is 1. The molecule has 33 heavy (non-hydrogen) atoms. The van der Waals surface area contributed by atoms with Gasteiger partial charge in [-0.1, -0.05) is 0 Å². The Kier molecular flexibility index (Phi) is 8.14. The Labute approximate surface area is 192 Å². The van der Waals surface area contributed by atoms with Crippen molar-refractivity contribution in [3.05, 3.63) is 40.7 Å². The molecule has 1 atom stereocenters. The number of likely N-dealkylation sites (tertiary alicyclic amines) is 2. The molecule has 1 amide bonds. The minimum atomic E-state index is -5.08. The second-order valence-electron chi connectivity index (χ2n) is 8.23. The molecular weight excluding hydrogens is 463 g/mol. The van der Waals surface area contributed by atoms with Crippen LogP contribution in [0.2, 0.25) is 0 Å². The first-order valence-electron chi connectivity index (χ1n) is 10.4. The zero-order chi connectivity index (χ0) is 24.1. The second kappa shape index (κ2) is 10.7. The summed E-state index contributed by atoms with van der Waals surface area (Å²) in [6.45, 7) is 5.27. The van der Waals surface area contributed by atoms with Crippen molar-refractivity contribution in [3.63, 3.8) is 0 Å². The fourth-order valence-electron chi connectivity index (χ4n) is 4.52. The van der Waals surface area contributed by atoms with Gasteiger partial charge < -0.3 is 19.2 Å². The van der Waals surface area contributed by atoms with Crippen LogP contribution >= 0.6 is 11.3 Å². The zero-order valence-corrected chi connectivity index (χ0v) is 18.9. The van der Waals surface area contributed by atoms with E-state index in [4.69, 9.17) is 19.1 Å². The molecule has 1 spiro atoms. The van der Waals surface area contributed by atoms with Crippen LogP contribution in [-0.2, 0) is 16.1 Å². The van der Waals surface area contributed by atoms with E-state index in [9.17, 15) is 18.0 Å². The fraction of sp³-hybridized carbons (Fsp3) is 0.571. The molecule has 0 saturated carbocycles. The number of piperidine rings is 1. The van der Waals surface area contributed by atoms with Crippen molar-refractivity contribution in [3.8, 4) is 0 Å². The van der Waals surface area contributed by atoms with Gasteiger partial charge >= 0.3 is 12.1 Å². The lowest BCUT2D eigenvalue weighted by Gasteiger charge is -2.42. The lowest BCUT2D eigenvalue weighted by Crippen LogP contribution is -2.47. The molecule has 8 nitrogen and oxygen atoms in total. The maximum atomic E-state index is 12.6. The van der Waals surface area contributed by atoms with E-state index in [1.54, 1.807) is 18.9 Å². The van der Waals surface area contributed by atoms with E-state index in [1.807, 2.05) is 22.4 Å². The third-order valence-electron chi connectivity index (χ3n) is 6.15. The van der Waals surface area contributed by atoms with Gasteiger partial charge in [0.05, 0.1) is 24.9 Å². The lowest BCUT2D eigenvalue weighted by atomic mass is 9.71. The van der Waals surface area contributed by atoms with Crippen molar-refractivity contribution in [2.24, 2.45) is 11.3 Å². The Bertz CT molecular complexity index is 897. The summed E-state index contributed by atoms with van der Waals surface area (Å²) >= 11 is 1.47. The summed E-state index contributed by atoms with van der Waals surface area (Å²) in [6, 6.07) is 3.97. The van der Waals surface area contributed by atoms with Gasteiger partial charge in [-0.05, 0) is 30.4 Å². The normalized spacial score (nSPS) is 20.5. The highest BCUT2D eigenvalue weighted by Crippen LogP contribution is 2.45. The third kappa shape index (κ3) is 6.33. The van der Waals surface area contributed by atoms with E-state index in [1.165, 1.54) is 11.3 Å². The van der Waals surface area contributed by atoms with Gasteiger partial charge in [-0.15, -0.1) is 11.3 Å². The minimum Gasteiger partial charge on any atom is -0.475 e. The highest BCUT2D eigenvalue weighted by molar-refractivity contribution is 7.07. The average Bonchev–Trinajstić information content (AvgIpc) is 3.52. The lowest BCUT2D eigenvalue weighted by molar-refractivity contribution is -0.192. The molecule has 0 radical (unpaired) electrons. The number of rotatable bonds is 5. The largest absolute Gasteiger partial charge is 0.490 e. The highest BCUT2D eigenvalue weighted by atomic mass is 32.1. The number of furan rings is 1. The summed E-state index contributed by atoms with van der Waals surface area (Å²) in [4.78, 5) is 30.1. The number of methoxy groups -OCH3 is 1. The maximum Gasteiger partial charge on any atom is 0.490 e. The number of aromatic nitrogens is 1. The van der Waals surface area contributed by atoms with Gasteiger partial charge in [0.2, 0.25) is 0 Å². The van der Waals surface area contributed by atoms with Crippen molar-refractivity contribution in [1.29, 1.82) is 0 Å². The number of amides is 1. The zero-order valence-electron chi connectivity index (χ0n) is 18.1. The number of carbonyl (C=O) groups is 2. The van der Waals surface area contributed by atoms with Crippen molar-refractivity contribution in [2.75, 3.05) is 39.9 Å². The molecular formula is C21H26F3N3O5S. The molecule has 0 aromatic carbocycles. The predicted octanol–water partition coefficient (Wildman–Crippen LogP) is 3.37. The van der Waals surface area contributed by atoms with Crippen molar-refractivity contribution in [2.45, 2.75) is 25.6 Å². The molecule has 2 aliphatic rings. The van der Waals surface area contributed by atoms with Gasteiger partial charge in [0.15, 0.2) is 0 Å². The molecule has 182 valence electrons. The fourth-order valence-corrected chi connectivity index (χ4v) is 5.05. The number of hydrogen-bond acceptors (Lipinski definition) is 7. The van der Waals surface area contributed by atoms with E-state index < -0.39 is 12.1 Å². The number of hydrogen-bond donors (Lipinski definition) is 1. The van der Waals surface area contributed by atoms with Crippen LogP contribution in [0.15, 0.2) is 33.7 Å². The first-order valence-corrected chi connectivity index (χ1v) is 11.3. The van der Waals surface area contributed by atoms with Crippen LogP contribution in [0.1, 0.15) is 29.1 Å². The van der Waals surface area contributed by atoms with Crippen LogP contribution in [0.25, 0.3) is 0 Å². The van der Waals surface area contributed by atoms with Gasteiger partial charge in [0.1, 0.15) is 11.5 Å². The van der Waals surface area contributed by atoms with Gasteiger partial charge in [-0.3, -0.25) is 9.69 Å². The van der Waals surface area contributed by atoms with E-state index >= 15 is 0 Å². The standard InChI is InChI=1S/C19H25N3O3S.C2HF3O2/c1-24-11-15-9-21(10-16-3-2-8-25-16)13-19(15)4-6-22(7-5-19)18(23)17-12-26-14-20-17;3-2(4,5)1(6)7/h2-3,8,12,14-15H,4-7,9-11,13H2,1H3;(H,6,7). The summed E-state index contributed by atoms with van der Waals surface area (Å²) in [5.74, 6) is -1.18. The number of carbonyl (C=O) groups excluding carboxylic acids is 1. The van der Waals surface area contributed by atoms with Gasteiger partial charge in [0, 0.05) is 44.6 Å². The van der Waals surface area contributed by atoms with Crippen LogP contribution in [0, 0.1) is 11.3 Å². The predicted molar refractivity (Wildman–Crippen MR) is 113 cm³/mol. The number of halogens is 3. The Morgan fingerprint density at radius 2 is 2.06 bits per heavy atom. The Hall–Kier alpha value is -2.44. The Balaban J connectivity index is 0.000000383. The molecule has 12 heteroatoms. The molecule has 1 unspecified atom stereocenters. The van der Waals surface area contributed by atoms with Gasteiger partial charge in [-0.2, -0.15) is 13.2 Å². The van der Waals surface area contributed by atoms with Crippen molar-refractivity contribution >= 4 is 23.2 Å². The number of nitrogens with zero attached hydrogens (tertiary/aromatic N) is 3. The number of thiazole rings is 1. The van der Waals surface area contributed by atoms with Crippen LogP contribution < -0.4 is 0 Å². The van der Waals surface area contributed by atoms with E-state index in [-0.39, 0.29) is 11.3 Å². The van der Waals surface area contributed by atoms with Crippen LogP contribution in [0.3, 0.4) is 0 Å². The number of ether oxygens (including phenoxy) is 1. The second-order valence-corrected chi connectivity index (χ2v) is 8.95. The first kappa shape index (κ1) is 25.2. The quantitative estimate of drug-likeness (QED) is 0.688. The first-order chi connectivity index (χ1) is 15.6. The molecule has 2 aromatic heterocycles. The number of alkyl halides is 3. The summed E-state index contributed by atoms with van der Waals surface area (Å²) in [6.07, 6.45) is -1.31. The smallest absolute Gasteiger partial charge is 0.475 e. The molecule has 0 bridgehead atoms. The van der Waals surface area contributed by atoms with Crippen LogP contribution in [0.4, 0.5) is 13.2 Å². The minimum absolute atomic E-state index is 0.0647. The highest BCUT2D eigenvalue weighted by Gasteiger charge is 2.48. The monoisotopic (exact) mass is 489 g/mol. The molecule has 4 rings (SSSR count). The van der Waals surface area contributed by atoms with Gasteiger partial charge in [0.25, 0.3) is 5.91 Å². The molecule has 0 aliphatic carbocycles. The van der Waals surface area contributed by atoms with Gasteiger partial charge in [-0.25, -0.2) is 9.78 Å². The molecule has 2 aromatic rings. The SMILES string of the molecule is COCC1CN(Cc2ccco2)CC12CCN(C(=O)c1cscn1)CC2.O=C(O)C(F)(F)F. The van der Waals surface area contributed by atoms with E-state index in [2.05, 4.69) is 9.88 Å². The molecule has 2 aliphatic heterocycles. The average molecular weight is 490 g/mol. The van der Waals surface area contributed by atoms with Crippen LogP contribution in [0.5, 0.6) is 0 Å². The van der Waals surface area contributed by atoms with Crippen LogP contribution in [-0.4, -0.2) is 77.8 Å². The van der Waals surface area contributed by atoms with E-state index in [0.29, 0.717) is 11.6 Å². The van der Waals surface area contributed by atoms with Crippen molar-refractivity contribution < 1.29 is 37.0 Å². The van der Waals surface area contributed by atoms with E-state index in [0.717, 1.165) is 57.9 Å². The van der Waals surface area contributed by atoms with Crippen molar-refractivity contribution in [1.82, 2.24) is 14.8 Å².